The molecule has 3 heterocycles. The molecule has 6 nitrogen and oxygen atoms in total. The number of aryl methyl sites for hydroxylation is 1. The third-order valence-electron chi connectivity index (χ3n) is 5.17. The summed E-state index contributed by atoms with van der Waals surface area (Å²) in [6.07, 6.45) is 3.63. The molecule has 4 rings (SSSR count). The maximum atomic E-state index is 12.5. The van der Waals surface area contributed by atoms with Crippen LogP contribution in [0.5, 0.6) is 5.75 Å². The Kier molecular flexibility index (Phi) is 5.48. The number of pyridine rings is 1. The van der Waals surface area contributed by atoms with Gasteiger partial charge in [0.1, 0.15) is 17.1 Å². The van der Waals surface area contributed by atoms with E-state index < -0.39 is 0 Å². The number of carbonyl (C=O) groups excluding carboxylic acids is 1. The van der Waals surface area contributed by atoms with Crippen LogP contribution in [0.2, 0.25) is 5.02 Å². The first-order chi connectivity index (χ1) is 13.6. The van der Waals surface area contributed by atoms with Crippen molar-refractivity contribution in [3.63, 3.8) is 0 Å². The predicted molar refractivity (Wildman–Crippen MR) is 109 cm³/mol. The quantitative estimate of drug-likeness (QED) is 0.636. The van der Waals surface area contributed by atoms with E-state index in [1.165, 1.54) is 0 Å². The molecule has 0 aliphatic carbocycles. The predicted octanol–water partition coefficient (Wildman–Crippen LogP) is 3.57. The number of imidazole rings is 1. The largest absolute Gasteiger partial charge is 0.484 e. The Morgan fingerprint density at radius 2 is 2.21 bits per heavy atom. The second-order valence-corrected chi connectivity index (χ2v) is 7.50. The Hall–Kier alpha value is -2.60. The molecule has 1 aromatic carbocycles. The Morgan fingerprint density at radius 3 is 3.04 bits per heavy atom. The molecule has 0 N–H and O–H groups in total. The van der Waals surface area contributed by atoms with Crippen LogP contribution in [0.25, 0.3) is 11.2 Å². The summed E-state index contributed by atoms with van der Waals surface area (Å²) in [6, 6.07) is 11.0. The summed E-state index contributed by atoms with van der Waals surface area (Å²) in [7, 11) is 0. The molecule has 3 aromatic rings. The van der Waals surface area contributed by atoms with Crippen LogP contribution in [0.15, 0.2) is 42.6 Å². The van der Waals surface area contributed by atoms with Crippen LogP contribution in [-0.4, -0.2) is 45.0 Å². The topological polar surface area (TPSA) is 60.2 Å². The standard InChI is InChI=1S/C21H23ClN4O2/c1-2-26-19(24-18-7-4-9-23-21(18)26)11-15-8-10-25(13-15)20(27)14-28-17-6-3-5-16(22)12-17/h3-7,9,12,15H,2,8,10-11,13-14H2,1H3/t15-/m0/s1. The molecule has 0 saturated carbocycles. The minimum absolute atomic E-state index is 0.00753. The van der Waals surface area contributed by atoms with Crippen molar-refractivity contribution in [3.8, 4) is 5.75 Å². The van der Waals surface area contributed by atoms with Gasteiger partial charge in [0.15, 0.2) is 12.3 Å². The molecule has 1 aliphatic rings. The first-order valence-corrected chi connectivity index (χ1v) is 9.98. The fourth-order valence-corrected chi connectivity index (χ4v) is 3.95. The number of halogens is 1. The van der Waals surface area contributed by atoms with Crippen molar-refractivity contribution in [2.75, 3.05) is 19.7 Å². The zero-order valence-corrected chi connectivity index (χ0v) is 16.6. The molecule has 0 unspecified atom stereocenters. The average molecular weight is 399 g/mol. The second-order valence-electron chi connectivity index (χ2n) is 7.06. The van der Waals surface area contributed by atoms with E-state index in [1.807, 2.05) is 23.1 Å². The minimum Gasteiger partial charge on any atom is -0.484 e. The van der Waals surface area contributed by atoms with Gasteiger partial charge in [-0.1, -0.05) is 17.7 Å². The molecule has 28 heavy (non-hydrogen) atoms. The number of nitrogens with zero attached hydrogens (tertiary/aromatic N) is 4. The summed E-state index contributed by atoms with van der Waals surface area (Å²) in [5, 5.41) is 0.597. The molecule has 0 bridgehead atoms. The number of carbonyl (C=O) groups is 1. The number of ether oxygens (including phenoxy) is 1. The monoisotopic (exact) mass is 398 g/mol. The summed E-state index contributed by atoms with van der Waals surface area (Å²) < 4.78 is 7.76. The Balaban J connectivity index is 1.36. The van der Waals surface area contributed by atoms with Crippen LogP contribution in [-0.2, 0) is 17.8 Å². The molecular formula is C21H23ClN4O2. The third kappa shape index (κ3) is 3.97. The lowest BCUT2D eigenvalue weighted by Gasteiger charge is -2.17. The molecule has 1 fully saturated rings. The number of hydrogen-bond acceptors (Lipinski definition) is 4. The third-order valence-corrected chi connectivity index (χ3v) is 5.40. The summed E-state index contributed by atoms with van der Waals surface area (Å²) in [5.74, 6) is 2.07. The van der Waals surface area contributed by atoms with Crippen molar-refractivity contribution in [2.45, 2.75) is 26.3 Å². The number of aromatic nitrogens is 3. The summed E-state index contributed by atoms with van der Waals surface area (Å²) >= 11 is 5.95. The summed E-state index contributed by atoms with van der Waals surface area (Å²) in [4.78, 5) is 23.6. The molecule has 7 heteroatoms. The fraction of sp³-hybridized carbons (Fsp3) is 0.381. The van der Waals surface area contributed by atoms with Gasteiger partial charge in [-0.15, -0.1) is 0 Å². The highest BCUT2D eigenvalue weighted by Gasteiger charge is 2.28. The van der Waals surface area contributed by atoms with Crippen molar-refractivity contribution >= 4 is 28.7 Å². The normalized spacial score (nSPS) is 16.6. The molecule has 1 amide bonds. The number of benzene rings is 1. The Labute approximate surface area is 169 Å². The van der Waals surface area contributed by atoms with E-state index in [4.69, 9.17) is 21.3 Å². The van der Waals surface area contributed by atoms with Crippen molar-refractivity contribution in [1.29, 1.82) is 0 Å². The lowest BCUT2D eigenvalue weighted by Crippen LogP contribution is -2.33. The number of fused-ring (bicyclic) bond motifs is 1. The van der Waals surface area contributed by atoms with Crippen LogP contribution >= 0.6 is 11.6 Å². The molecular weight excluding hydrogens is 376 g/mol. The number of likely N-dealkylation sites (tertiary alicyclic amines) is 1. The molecule has 0 radical (unpaired) electrons. The van der Waals surface area contributed by atoms with E-state index in [1.54, 1.807) is 24.4 Å². The minimum atomic E-state index is 0.00753. The van der Waals surface area contributed by atoms with Crippen molar-refractivity contribution in [1.82, 2.24) is 19.4 Å². The highest BCUT2D eigenvalue weighted by Crippen LogP contribution is 2.23. The van der Waals surface area contributed by atoms with Crippen LogP contribution in [0.4, 0.5) is 0 Å². The molecule has 1 aliphatic heterocycles. The number of rotatable bonds is 6. The number of amides is 1. The second kappa shape index (κ2) is 8.19. The van der Waals surface area contributed by atoms with Crippen molar-refractivity contribution in [3.05, 3.63) is 53.4 Å². The van der Waals surface area contributed by atoms with E-state index in [2.05, 4.69) is 16.5 Å². The van der Waals surface area contributed by atoms with E-state index in [0.717, 1.165) is 49.5 Å². The summed E-state index contributed by atoms with van der Waals surface area (Å²) in [6.45, 7) is 4.47. The highest BCUT2D eigenvalue weighted by atomic mass is 35.5. The lowest BCUT2D eigenvalue weighted by molar-refractivity contribution is -0.132. The molecule has 146 valence electrons. The first kappa shape index (κ1) is 18.7. The van der Waals surface area contributed by atoms with Gasteiger partial charge < -0.3 is 14.2 Å². The van der Waals surface area contributed by atoms with E-state index in [9.17, 15) is 4.79 Å². The lowest BCUT2D eigenvalue weighted by atomic mass is 10.0. The Bertz CT molecular complexity index is 987. The van der Waals surface area contributed by atoms with Gasteiger partial charge in [0.2, 0.25) is 0 Å². The van der Waals surface area contributed by atoms with E-state index >= 15 is 0 Å². The molecule has 1 saturated heterocycles. The average Bonchev–Trinajstić information content (AvgIpc) is 3.30. The van der Waals surface area contributed by atoms with Gasteiger partial charge in [-0.25, -0.2) is 9.97 Å². The van der Waals surface area contributed by atoms with Crippen LogP contribution < -0.4 is 4.74 Å². The summed E-state index contributed by atoms with van der Waals surface area (Å²) in [5.41, 5.74) is 1.86. The smallest absolute Gasteiger partial charge is 0.260 e. The van der Waals surface area contributed by atoms with Gasteiger partial charge in [0.05, 0.1) is 0 Å². The first-order valence-electron chi connectivity index (χ1n) is 9.60. The maximum Gasteiger partial charge on any atom is 0.260 e. The maximum absolute atomic E-state index is 12.5. The fourth-order valence-electron chi connectivity index (χ4n) is 3.77. The van der Waals surface area contributed by atoms with E-state index in [-0.39, 0.29) is 12.5 Å². The van der Waals surface area contributed by atoms with Crippen LogP contribution in [0.3, 0.4) is 0 Å². The van der Waals surface area contributed by atoms with Crippen LogP contribution in [0.1, 0.15) is 19.2 Å². The van der Waals surface area contributed by atoms with Gasteiger partial charge in [-0.05, 0) is 49.6 Å². The van der Waals surface area contributed by atoms with Gasteiger partial charge in [0, 0.05) is 37.3 Å². The van der Waals surface area contributed by atoms with Gasteiger partial charge in [-0.3, -0.25) is 4.79 Å². The van der Waals surface area contributed by atoms with Gasteiger partial charge >= 0.3 is 0 Å². The molecule has 1 atom stereocenters. The zero-order valence-electron chi connectivity index (χ0n) is 15.8. The van der Waals surface area contributed by atoms with Crippen LogP contribution in [0, 0.1) is 5.92 Å². The van der Waals surface area contributed by atoms with Crippen molar-refractivity contribution in [2.24, 2.45) is 5.92 Å². The SMILES string of the molecule is CCn1c(C[C@@H]2CCN(C(=O)COc3cccc(Cl)c3)C2)nc2cccnc21. The molecule has 0 spiro atoms. The molecule has 2 aromatic heterocycles. The Morgan fingerprint density at radius 1 is 1.32 bits per heavy atom. The highest BCUT2D eigenvalue weighted by molar-refractivity contribution is 6.30. The van der Waals surface area contributed by atoms with Crippen molar-refractivity contribution < 1.29 is 9.53 Å². The van der Waals surface area contributed by atoms with Gasteiger partial charge in [0.25, 0.3) is 5.91 Å². The van der Waals surface area contributed by atoms with E-state index in [0.29, 0.717) is 16.7 Å². The van der Waals surface area contributed by atoms with Gasteiger partial charge in [-0.2, -0.15) is 0 Å². The number of hydrogen-bond donors (Lipinski definition) is 0. The zero-order chi connectivity index (χ0) is 19.5.